The van der Waals surface area contributed by atoms with Crippen LogP contribution in [0.2, 0.25) is 0 Å². The van der Waals surface area contributed by atoms with Crippen LogP contribution in [0.25, 0.3) is 0 Å². The number of methoxy groups -OCH3 is 2. The quantitative estimate of drug-likeness (QED) is 0.590. The predicted octanol–water partition coefficient (Wildman–Crippen LogP) is 3.17. The highest BCUT2D eigenvalue weighted by molar-refractivity contribution is 5.97. The molecule has 30 heavy (non-hydrogen) atoms. The van der Waals surface area contributed by atoms with E-state index in [-0.39, 0.29) is 18.4 Å². The highest BCUT2D eigenvalue weighted by Crippen LogP contribution is 2.28. The maximum Gasteiger partial charge on any atom is 0.251 e. The zero-order valence-corrected chi connectivity index (χ0v) is 18.0. The van der Waals surface area contributed by atoms with Gasteiger partial charge in [0.1, 0.15) is 5.75 Å². The Kier molecular flexibility index (Phi) is 9.00. The standard InChI is InChI=1S/C23H30N2O5/c1-16(2)11-12-30-20-10-7-18(13-21(20)29-4)23(27)25-15-22(26)24-14-17-5-8-19(28-3)9-6-17/h5-10,13,16H,11-12,14-15H2,1-4H3,(H,24,26)(H,25,27). The fraction of sp³-hybridized carbons (Fsp3) is 0.391. The van der Waals surface area contributed by atoms with Crippen LogP contribution in [0, 0.1) is 5.92 Å². The summed E-state index contributed by atoms with van der Waals surface area (Å²) >= 11 is 0. The Bertz CT molecular complexity index is 834. The molecule has 0 bridgehead atoms. The molecule has 0 spiro atoms. The van der Waals surface area contributed by atoms with E-state index >= 15 is 0 Å². The molecule has 162 valence electrons. The van der Waals surface area contributed by atoms with Crippen molar-refractivity contribution in [2.45, 2.75) is 26.8 Å². The van der Waals surface area contributed by atoms with Crippen LogP contribution in [0.15, 0.2) is 42.5 Å². The monoisotopic (exact) mass is 414 g/mol. The van der Waals surface area contributed by atoms with Gasteiger partial charge in [-0.05, 0) is 48.2 Å². The van der Waals surface area contributed by atoms with Crippen molar-refractivity contribution in [1.29, 1.82) is 0 Å². The molecule has 0 saturated carbocycles. The molecule has 0 aliphatic heterocycles. The van der Waals surface area contributed by atoms with Gasteiger partial charge >= 0.3 is 0 Å². The van der Waals surface area contributed by atoms with Gasteiger partial charge in [-0.25, -0.2) is 0 Å². The lowest BCUT2D eigenvalue weighted by molar-refractivity contribution is -0.120. The number of carbonyl (C=O) groups is 2. The summed E-state index contributed by atoms with van der Waals surface area (Å²) in [6.45, 7) is 5.08. The van der Waals surface area contributed by atoms with Gasteiger partial charge in [-0.3, -0.25) is 9.59 Å². The Hall–Kier alpha value is -3.22. The lowest BCUT2D eigenvalue weighted by Gasteiger charge is -2.13. The second-order valence-corrected chi connectivity index (χ2v) is 7.20. The van der Waals surface area contributed by atoms with Crippen LogP contribution in [0.3, 0.4) is 0 Å². The molecule has 2 aromatic carbocycles. The van der Waals surface area contributed by atoms with Crippen molar-refractivity contribution in [1.82, 2.24) is 10.6 Å². The van der Waals surface area contributed by atoms with Crippen LogP contribution in [-0.2, 0) is 11.3 Å². The first-order valence-corrected chi connectivity index (χ1v) is 9.91. The van der Waals surface area contributed by atoms with Crippen molar-refractivity contribution < 1.29 is 23.8 Å². The van der Waals surface area contributed by atoms with E-state index in [0.717, 1.165) is 17.7 Å². The van der Waals surface area contributed by atoms with E-state index in [1.807, 2.05) is 24.3 Å². The third kappa shape index (κ3) is 7.31. The Morgan fingerprint density at radius 1 is 0.933 bits per heavy atom. The summed E-state index contributed by atoms with van der Waals surface area (Å²) in [6.07, 6.45) is 0.928. The summed E-state index contributed by atoms with van der Waals surface area (Å²) in [7, 11) is 3.13. The molecule has 0 saturated heterocycles. The van der Waals surface area contributed by atoms with Gasteiger partial charge in [-0.2, -0.15) is 0 Å². The number of benzene rings is 2. The first-order chi connectivity index (χ1) is 14.4. The maximum atomic E-state index is 12.4. The molecule has 2 rings (SSSR count). The minimum atomic E-state index is -0.360. The van der Waals surface area contributed by atoms with Crippen LogP contribution in [0.1, 0.15) is 36.2 Å². The van der Waals surface area contributed by atoms with Crippen LogP contribution in [-0.4, -0.2) is 39.2 Å². The largest absolute Gasteiger partial charge is 0.497 e. The number of carbonyl (C=O) groups excluding carboxylic acids is 2. The van der Waals surface area contributed by atoms with Crippen molar-refractivity contribution in [3.8, 4) is 17.2 Å². The predicted molar refractivity (Wildman–Crippen MR) is 115 cm³/mol. The Balaban J connectivity index is 1.83. The molecule has 0 fully saturated rings. The zero-order chi connectivity index (χ0) is 21.9. The van der Waals surface area contributed by atoms with Gasteiger partial charge in [0.05, 0.1) is 27.4 Å². The highest BCUT2D eigenvalue weighted by atomic mass is 16.5. The zero-order valence-electron chi connectivity index (χ0n) is 18.0. The van der Waals surface area contributed by atoms with Crippen LogP contribution < -0.4 is 24.8 Å². The molecule has 0 atom stereocenters. The molecule has 0 aliphatic rings. The molecule has 0 aliphatic carbocycles. The first kappa shape index (κ1) is 23.1. The van der Waals surface area contributed by atoms with Crippen LogP contribution >= 0.6 is 0 Å². The molecule has 0 aromatic heterocycles. The van der Waals surface area contributed by atoms with Crippen molar-refractivity contribution in [3.05, 3.63) is 53.6 Å². The number of amides is 2. The van der Waals surface area contributed by atoms with Gasteiger partial charge in [0, 0.05) is 12.1 Å². The molecule has 7 heteroatoms. The minimum absolute atomic E-state index is 0.121. The lowest BCUT2D eigenvalue weighted by atomic mass is 10.1. The average Bonchev–Trinajstić information content (AvgIpc) is 2.76. The number of hydrogen-bond donors (Lipinski definition) is 2. The van der Waals surface area contributed by atoms with Gasteiger partial charge in [0.15, 0.2) is 11.5 Å². The Morgan fingerprint density at radius 2 is 1.67 bits per heavy atom. The molecule has 0 radical (unpaired) electrons. The summed E-state index contributed by atoms with van der Waals surface area (Å²) in [5.41, 5.74) is 1.33. The summed E-state index contributed by atoms with van der Waals surface area (Å²) in [6, 6.07) is 12.4. The van der Waals surface area contributed by atoms with Gasteiger partial charge < -0.3 is 24.8 Å². The van der Waals surface area contributed by atoms with Crippen LogP contribution in [0.4, 0.5) is 0 Å². The smallest absolute Gasteiger partial charge is 0.251 e. The average molecular weight is 415 g/mol. The fourth-order valence-corrected chi connectivity index (χ4v) is 2.60. The summed E-state index contributed by atoms with van der Waals surface area (Å²) in [4.78, 5) is 24.4. The van der Waals surface area contributed by atoms with E-state index < -0.39 is 0 Å². The molecule has 2 N–H and O–H groups in total. The van der Waals surface area contributed by atoms with Crippen molar-refractivity contribution in [2.24, 2.45) is 5.92 Å². The van der Waals surface area contributed by atoms with E-state index in [9.17, 15) is 9.59 Å². The van der Waals surface area contributed by atoms with E-state index in [1.165, 1.54) is 7.11 Å². The molecule has 0 heterocycles. The van der Waals surface area contributed by atoms with Crippen molar-refractivity contribution in [2.75, 3.05) is 27.4 Å². The highest BCUT2D eigenvalue weighted by Gasteiger charge is 2.12. The molecular formula is C23H30N2O5. The van der Waals surface area contributed by atoms with Crippen LogP contribution in [0.5, 0.6) is 17.2 Å². The van der Waals surface area contributed by atoms with Gasteiger partial charge in [-0.15, -0.1) is 0 Å². The second kappa shape index (κ2) is 11.7. The molecule has 7 nitrogen and oxygen atoms in total. The topological polar surface area (TPSA) is 85.9 Å². The summed E-state index contributed by atoms with van der Waals surface area (Å²) < 4.78 is 16.2. The van der Waals surface area contributed by atoms with Gasteiger partial charge in [0.25, 0.3) is 5.91 Å². The van der Waals surface area contributed by atoms with Crippen molar-refractivity contribution >= 4 is 11.8 Å². The fourth-order valence-electron chi connectivity index (χ4n) is 2.60. The third-order valence-corrected chi connectivity index (χ3v) is 4.44. The normalized spacial score (nSPS) is 10.4. The van der Waals surface area contributed by atoms with E-state index in [4.69, 9.17) is 14.2 Å². The van der Waals surface area contributed by atoms with E-state index in [0.29, 0.717) is 36.1 Å². The Morgan fingerprint density at radius 3 is 2.30 bits per heavy atom. The van der Waals surface area contributed by atoms with Gasteiger partial charge in [-0.1, -0.05) is 26.0 Å². The van der Waals surface area contributed by atoms with Crippen molar-refractivity contribution in [3.63, 3.8) is 0 Å². The first-order valence-electron chi connectivity index (χ1n) is 9.91. The number of rotatable bonds is 11. The number of ether oxygens (including phenoxy) is 3. The van der Waals surface area contributed by atoms with E-state index in [1.54, 1.807) is 25.3 Å². The summed E-state index contributed by atoms with van der Waals surface area (Å²) in [5.74, 6) is 1.73. The number of hydrogen-bond acceptors (Lipinski definition) is 5. The minimum Gasteiger partial charge on any atom is -0.497 e. The molecule has 2 amide bonds. The van der Waals surface area contributed by atoms with E-state index in [2.05, 4.69) is 24.5 Å². The SMILES string of the molecule is COc1ccc(CNC(=O)CNC(=O)c2ccc(OCCC(C)C)c(OC)c2)cc1. The molecule has 2 aromatic rings. The van der Waals surface area contributed by atoms with Gasteiger partial charge in [0.2, 0.25) is 5.91 Å². The molecule has 0 unspecified atom stereocenters. The summed E-state index contributed by atoms with van der Waals surface area (Å²) in [5, 5.41) is 5.38. The second-order valence-electron chi connectivity index (χ2n) is 7.20. The molecular weight excluding hydrogens is 384 g/mol. The lowest BCUT2D eigenvalue weighted by Crippen LogP contribution is -2.36. The Labute approximate surface area is 177 Å². The maximum absolute atomic E-state index is 12.4. The number of nitrogens with one attached hydrogen (secondary N) is 2. The third-order valence-electron chi connectivity index (χ3n) is 4.44.